The van der Waals surface area contributed by atoms with Gasteiger partial charge in [-0.1, -0.05) is 12.1 Å². The van der Waals surface area contributed by atoms with Crippen LogP contribution in [0.4, 0.5) is 0 Å². The van der Waals surface area contributed by atoms with Crippen LogP contribution < -0.4 is 0 Å². The predicted molar refractivity (Wildman–Crippen MR) is 51.9 cm³/mol. The highest BCUT2D eigenvalue weighted by atomic mass is 16.3. The molecule has 1 saturated carbocycles. The van der Waals surface area contributed by atoms with E-state index in [-0.39, 0.29) is 0 Å². The van der Waals surface area contributed by atoms with Gasteiger partial charge in [0.05, 0.1) is 5.52 Å². The number of hydrogen-bond donors (Lipinski definition) is 2. The average molecular weight is 173 g/mol. The summed E-state index contributed by atoms with van der Waals surface area (Å²) < 4.78 is 0. The van der Waals surface area contributed by atoms with Gasteiger partial charge in [0.25, 0.3) is 0 Å². The molecule has 0 amide bonds. The number of H-pyrrole nitrogens is 1. The maximum absolute atomic E-state index is 9.56. The molecule has 3 rings (SSSR count). The Kier molecular flexibility index (Phi) is 1.23. The Morgan fingerprint density at radius 1 is 1.31 bits per heavy atom. The SMILES string of the molecule is Oc1cccc2cc(C3CC3)[nH]c12. The van der Waals surface area contributed by atoms with Crippen molar-refractivity contribution < 1.29 is 5.11 Å². The molecule has 1 fully saturated rings. The van der Waals surface area contributed by atoms with Crippen molar-refractivity contribution in [2.75, 3.05) is 0 Å². The van der Waals surface area contributed by atoms with Gasteiger partial charge in [0.1, 0.15) is 5.75 Å². The lowest BCUT2D eigenvalue weighted by Crippen LogP contribution is -1.75. The summed E-state index contributed by atoms with van der Waals surface area (Å²) in [5.41, 5.74) is 2.15. The molecule has 0 saturated heterocycles. The van der Waals surface area contributed by atoms with Crippen molar-refractivity contribution in [3.05, 3.63) is 30.0 Å². The van der Waals surface area contributed by atoms with Crippen molar-refractivity contribution in [3.63, 3.8) is 0 Å². The van der Waals surface area contributed by atoms with Crippen molar-refractivity contribution >= 4 is 10.9 Å². The second kappa shape index (κ2) is 2.28. The summed E-state index contributed by atoms with van der Waals surface area (Å²) in [7, 11) is 0. The van der Waals surface area contributed by atoms with Gasteiger partial charge in [-0.15, -0.1) is 0 Å². The Balaban J connectivity index is 2.26. The minimum atomic E-state index is 0.351. The smallest absolute Gasteiger partial charge is 0.139 e. The lowest BCUT2D eigenvalue weighted by molar-refractivity contribution is 0.480. The summed E-state index contributed by atoms with van der Waals surface area (Å²) in [6, 6.07) is 7.77. The standard InChI is InChI=1S/C11H11NO/c13-10-3-1-2-8-6-9(7-4-5-7)12-11(8)10/h1-3,6-7,12-13H,4-5H2. The molecule has 1 aliphatic rings. The topological polar surface area (TPSA) is 36.0 Å². The summed E-state index contributed by atoms with van der Waals surface area (Å²) in [6.45, 7) is 0. The summed E-state index contributed by atoms with van der Waals surface area (Å²) in [5, 5.41) is 10.7. The number of phenols is 1. The van der Waals surface area contributed by atoms with Crippen LogP contribution >= 0.6 is 0 Å². The largest absolute Gasteiger partial charge is 0.506 e. The third kappa shape index (κ3) is 1.02. The molecule has 0 bridgehead atoms. The average Bonchev–Trinajstić information content (AvgIpc) is 2.87. The minimum absolute atomic E-state index is 0.351. The Hall–Kier alpha value is -1.44. The van der Waals surface area contributed by atoms with Gasteiger partial charge < -0.3 is 10.1 Å². The molecular formula is C11H11NO. The summed E-state index contributed by atoms with van der Waals surface area (Å²) in [4.78, 5) is 3.28. The van der Waals surface area contributed by atoms with Crippen LogP contribution in [0.1, 0.15) is 24.5 Å². The first-order chi connectivity index (χ1) is 6.34. The highest BCUT2D eigenvalue weighted by molar-refractivity contribution is 5.85. The molecule has 1 aliphatic carbocycles. The second-order valence-electron chi connectivity index (χ2n) is 3.74. The van der Waals surface area contributed by atoms with E-state index in [1.165, 1.54) is 18.5 Å². The van der Waals surface area contributed by atoms with Crippen molar-refractivity contribution in [1.29, 1.82) is 0 Å². The fourth-order valence-corrected chi connectivity index (χ4v) is 1.78. The molecule has 13 heavy (non-hydrogen) atoms. The first-order valence-electron chi connectivity index (χ1n) is 4.65. The maximum Gasteiger partial charge on any atom is 0.139 e. The van der Waals surface area contributed by atoms with E-state index in [1.54, 1.807) is 6.07 Å². The molecule has 0 spiro atoms. The third-order valence-corrected chi connectivity index (χ3v) is 2.67. The second-order valence-corrected chi connectivity index (χ2v) is 3.74. The molecule has 2 aromatic rings. The number of benzene rings is 1. The van der Waals surface area contributed by atoms with Crippen LogP contribution in [0.2, 0.25) is 0 Å². The Morgan fingerprint density at radius 3 is 2.85 bits per heavy atom. The summed E-state index contributed by atoms with van der Waals surface area (Å²) >= 11 is 0. The lowest BCUT2D eigenvalue weighted by atomic mass is 10.2. The van der Waals surface area contributed by atoms with Gasteiger partial charge in [0.15, 0.2) is 0 Å². The molecule has 2 N–H and O–H groups in total. The molecule has 0 unspecified atom stereocenters. The fourth-order valence-electron chi connectivity index (χ4n) is 1.78. The van der Waals surface area contributed by atoms with E-state index in [9.17, 15) is 5.11 Å². The molecule has 0 radical (unpaired) electrons. The number of nitrogens with one attached hydrogen (secondary N) is 1. The number of aromatic nitrogens is 1. The molecule has 0 atom stereocenters. The third-order valence-electron chi connectivity index (χ3n) is 2.67. The highest BCUT2D eigenvalue weighted by Gasteiger charge is 2.25. The number of aromatic hydroxyl groups is 1. The molecule has 0 aliphatic heterocycles. The van der Waals surface area contributed by atoms with Gasteiger partial charge >= 0.3 is 0 Å². The molecule has 2 heteroatoms. The van der Waals surface area contributed by atoms with Crippen LogP contribution in [-0.4, -0.2) is 10.1 Å². The first kappa shape index (κ1) is 7.01. The van der Waals surface area contributed by atoms with E-state index in [0.29, 0.717) is 11.7 Å². The van der Waals surface area contributed by atoms with Crippen LogP contribution in [0.25, 0.3) is 10.9 Å². The number of aromatic amines is 1. The maximum atomic E-state index is 9.56. The number of fused-ring (bicyclic) bond motifs is 1. The minimum Gasteiger partial charge on any atom is -0.506 e. The number of phenolic OH excluding ortho intramolecular Hbond substituents is 1. The van der Waals surface area contributed by atoms with Crippen molar-refractivity contribution in [2.45, 2.75) is 18.8 Å². The fraction of sp³-hybridized carbons (Fsp3) is 0.273. The zero-order chi connectivity index (χ0) is 8.84. The zero-order valence-corrected chi connectivity index (χ0v) is 7.25. The van der Waals surface area contributed by atoms with Crippen LogP contribution in [0.3, 0.4) is 0 Å². The van der Waals surface area contributed by atoms with Gasteiger partial charge in [-0.3, -0.25) is 0 Å². The monoisotopic (exact) mass is 173 g/mol. The molecular weight excluding hydrogens is 162 g/mol. The number of para-hydroxylation sites is 1. The predicted octanol–water partition coefficient (Wildman–Crippen LogP) is 2.75. The molecule has 66 valence electrons. The van der Waals surface area contributed by atoms with Gasteiger partial charge in [-0.05, 0) is 30.9 Å². The van der Waals surface area contributed by atoms with Crippen LogP contribution in [-0.2, 0) is 0 Å². The molecule has 1 aromatic carbocycles. The number of rotatable bonds is 1. The van der Waals surface area contributed by atoms with Crippen LogP contribution in [0.5, 0.6) is 5.75 Å². The number of hydrogen-bond acceptors (Lipinski definition) is 1. The van der Waals surface area contributed by atoms with E-state index >= 15 is 0 Å². The van der Waals surface area contributed by atoms with E-state index in [4.69, 9.17) is 0 Å². The van der Waals surface area contributed by atoms with E-state index in [2.05, 4.69) is 11.1 Å². The molecule has 2 nitrogen and oxygen atoms in total. The molecule has 1 heterocycles. The van der Waals surface area contributed by atoms with Crippen LogP contribution in [0.15, 0.2) is 24.3 Å². The normalized spacial score (nSPS) is 16.6. The van der Waals surface area contributed by atoms with E-state index < -0.39 is 0 Å². The van der Waals surface area contributed by atoms with Gasteiger partial charge in [-0.25, -0.2) is 0 Å². The van der Waals surface area contributed by atoms with Crippen LogP contribution in [0, 0.1) is 0 Å². The van der Waals surface area contributed by atoms with Crippen molar-refractivity contribution in [3.8, 4) is 5.75 Å². The Morgan fingerprint density at radius 2 is 2.15 bits per heavy atom. The van der Waals surface area contributed by atoms with E-state index in [0.717, 1.165) is 10.9 Å². The molecule has 1 aromatic heterocycles. The summed E-state index contributed by atoms with van der Waals surface area (Å²) in [6.07, 6.45) is 2.57. The summed E-state index contributed by atoms with van der Waals surface area (Å²) in [5.74, 6) is 1.07. The lowest BCUT2D eigenvalue weighted by Gasteiger charge is -1.92. The van der Waals surface area contributed by atoms with Gasteiger partial charge in [0, 0.05) is 11.1 Å². The highest BCUT2D eigenvalue weighted by Crippen LogP contribution is 2.41. The van der Waals surface area contributed by atoms with Crippen molar-refractivity contribution in [1.82, 2.24) is 4.98 Å². The first-order valence-corrected chi connectivity index (χ1v) is 4.65. The quantitative estimate of drug-likeness (QED) is 0.683. The van der Waals surface area contributed by atoms with Crippen molar-refractivity contribution in [2.24, 2.45) is 0 Å². The Bertz CT molecular complexity index is 454. The van der Waals surface area contributed by atoms with Gasteiger partial charge in [0.2, 0.25) is 0 Å². The zero-order valence-electron chi connectivity index (χ0n) is 7.25. The van der Waals surface area contributed by atoms with Gasteiger partial charge in [-0.2, -0.15) is 0 Å². The van der Waals surface area contributed by atoms with E-state index in [1.807, 2.05) is 12.1 Å². The Labute approximate surface area is 76.2 Å².